The summed E-state index contributed by atoms with van der Waals surface area (Å²) >= 11 is 0. The standard InChI is InChI=1S/C20H16F3N7O/c1-10(13-7-12(21)2-3-15(13)30-27-4-5-28-30)31-16-6-11(9-26-20(16)25)14-8-17(24)29-19(23)18(14)22/h2-10H,1H3,(H2,24,29)(H2,25,26)/t10-/m1/s1. The number of nitrogens with two attached hydrogens (primary N) is 2. The molecule has 4 rings (SSSR count). The molecule has 4 aromatic rings. The van der Waals surface area contributed by atoms with Gasteiger partial charge in [0, 0.05) is 22.9 Å². The molecule has 0 saturated heterocycles. The summed E-state index contributed by atoms with van der Waals surface area (Å²) in [6, 6.07) is 6.64. The van der Waals surface area contributed by atoms with Crippen molar-refractivity contribution in [2.24, 2.45) is 0 Å². The number of benzene rings is 1. The molecule has 0 aliphatic heterocycles. The van der Waals surface area contributed by atoms with Crippen LogP contribution in [0.25, 0.3) is 16.8 Å². The fourth-order valence-electron chi connectivity index (χ4n) is 3.05. The average molecular weight is 427 g/mol. The van der Waals surface area contributed by atoms with Crippen molar-refractivity contribution in [1.82, 2.24) is 25.0 Å². The molecule has 0 bridgehead atoms. The Labute approximate surface area is 174 Å². The number of ether oxygens (including phenoxy) is 1. The molecule has 1 atom stereocenters. The predicted molar refractivity (Wildman–Crippen MR) is 107 cm³/mol. The van der Waals surface area contributed by atoms with Crippen molar-refractivity contribution < 1.29 is 17.9 Å². The van der Waals surface area contributed by atoms with Crippen LogP contribution in [0.15, 0.2) is 48.9 Å². The van der Waals surface area contributed by atoms with Crippen LogP contribution in [0.5, 0.6) is 5.75 Å². The summed E-state index contributed by atoms with van der Waals surface area (Å²) in [4.78, 5) is 8.55. The van der Waals surface area contributed by atoms with Gasteiger partial charge in [-0.25, -0.2) is 18.7 Å². The van der Waals surface area contributed by atoms with E-state index in [0.29, 0.717) is 11.3 Å². The van der Waals surface area contributed by atoms with Crippen LogP contribution in [0, 0.1) is 17.6 Å². The molecule has 11 heteroatoms. The van der Waals surface area contributed by atoms with Crippen LogP contribution in [-0.4, -0.2) is 25.0 Å². The molecule has 0 spiro atoms. The van der Waals surface area contributed by atoms with Crippen molar-refractivity contribution in [2.75, 3.05) is 11.5 Å². The van der Waals surface area contributed by atoms with Gasteiger partial charge in [0.1, 0.15) is 17.7 Å². The molecule has 0 unspecified atom stereocenters. The maximum atomic E-state index is 14.2. The van der Waals surface area contributed by atoms with Crippen LogP contribution in [0.2, 0.25) is 0 Å². The predicted octanol–water partition coefficient (Wildman–Crippen LogP) is 3.45. The van der Waals surface area contributed by atoms with Gasteiger partial charge in [-0.1, -0.05) is 0 Å². The Hall–Kier alpha value is -4.15. The molecule has 0 saturated carbocycles. The number of rotatable bonds is 5. The number of hydrogen-bond acceptors (Lipinski definition) is 7. The Balaban J connectivity index is 1.71. The summed E-state index contributed by atoms with van der Waals surface area (Å²) in [7, 11) is 0. The number of pyridine rings is 2. The summed E-state index contributed by atoms with van der Waals surface area (Å²) in [5, 5.41) is 8.12. The second-order valence-corrected chi connectivity index (χ2v) is 6.59. The third-order valence-electron chi connectivity index (χ3n) is 4.50. The van der Waals surface area contributed by atoms with Gasteiger partial charge < -0.3 is 16.2 Å². The molecule has 0 aliphatic carbocycles. The number of halogens is 3. The minimum Gasteiger partial charge on any atom is -0.482 e. The molecule has 3 heterocycles. The maximum Gasteiger partial charge on any atom is 0.251 e. The molecular formula is C20H16F3N7O. The third kappa shape index (κ3) is 3.97. The highest BCUT2D eigenvalue weighted by atomic mass is 19.2. The number of nitrogen functional groups attached to an aromatic ring is 2. The molecule has 158 valence electrons. The van der Waals surface area contributed by atoms with Gasteiger partial charge in [-0.2, -0.15) is 19.4 Å². The SMILES string of the molecule is C[C@@H](Oc1cc(-c2cc(N)nc(F)c2F)cnc1N)c1cc(F)ccc1-n1nccn1. The van der Waals surface area contributed by atoms with E-state index in [9.17, 15) is 13.2 Å². The van der Waals surface area contributed by atoms with Crippen molar-refractivity contribution in [3.8, 4) is 22.6 Å². The topological polar surface area (TPSA) is 118 Å². The van der Waals surface area contributed by atoms with Gasteiger partial charge in [0.15, 0.2) is 17.4 Å². The average Bonchev–Trinajstić information content (AvgIpc) is 3.27. The number of anilines is 2. The quantitative estimate of drug-likeness (QED) is 0.469. The summed E-state index contributed by atoms with van der Waals surface area (Å²) in [6.07, 6.45) is 3.50. The number of hydrogen-bond donors (Lipinski definition) is 2. The lowest BCUT2D eigenvalue weighted by atomic mass is 10.1. The van der Waals surface area contributed by atoms with Gasteiger partial charge in [-0.05, 0) is 37.3 Å². The lowest BCUT2D eigenvalue weighted by molar-refractivity contribution is 0.226. The van der Waals surface area contributed by atoms with Gasteiger partial charge in [0.25, 0.3) is 5.95 Å². The second-order valence-electron chi connectivity index (χ2n) is 6.59. The zero-order valence-electron chi connectivity index (χ0n) is 16.1. The summed E-state index contributed by atoms with van der Waals surface area (Å²) < 4.78 is 47.7. The Bertz CT molecular complexity index is 1250. The first-order chi connectivity index (χ1) is 14.8. The van der Waals surface area contributed by atoms with E-state index in [4.69, 9.17) is 16.2 Å². The Morgan fingerprint density at radius 1 is 1.03 bits per heavy atom. The molecule has 0 radical (unpaired) electrons. The zero-order valence-corrected chi connectivity index (χ0v) is 16.1. The molecule has 3 aromatic heterocycles. The molecule has 0 aliphatic rings. The zero-order chi connectivity index (χ0) is 22.1. The highest BCUT2D eigenvalue weighted by Gasteiger charge is 2.19. The monoisotopic (exact) mass is 427 g/mol. The summed E-state index contributed by atoms with van der Waals surface area (Å²) in [5.41, 5.74) is 12.4. The van der Waals surface area contributed by atoms with Crippen molar-refractivity contribution in [3.63, 3.8) is 0 Å². The van der Waals surface area contributed by atoms with E-state index in [0.717, 1.165) is 0 Å². The minimum absolute atomic E-state index is 0.00803. The summed E-state index contributed by atoms with van der Waals surface area (Å²) in [6.45, 7) is 1.67. The van der Waals surface area contributed by atoms with E-state index < -0.39 is 23.7 Å². The lowest BCUT2D eigenvalue weighted by Gasteiger charge is -2.19. The van der Waals surface area contributed by atoms with E-state index in [1.807, 2.05) is 0 Å². The lowest BCUT2D eigenvalue weighted by Crippen LogP contribution is -2.11. The minimum atomic E-state index is -1.33. The van der Waals surface area contributed by atoms with E-state index >= 15 is 0 Å². The van der Waals surface area contributed by atoms with Crippen molar-refractivity contribution in [2.45, 2.75) is 13.0 Å². The highest BCUT2D eigenvalue weighted by Crippen LogP contribution is 2.34. The largest absolute Gasteiger partial charge is 0.482 e. The molecule has 0 fully saturated rings. The number of aromatic nitrogens is 5. The Morgan fingerprint density at radius 2 is 1.77 bits per heavy atom. The molecule has 0 amide bonds. The van der Waals surface area contributed by atoms with E-state index in [1.54, 1.807) is 6.92 Å². The second kappa shape index (κ2) is 7.94. The van der Waals surface area contributed by atoms with Crippen LogP contribution in [0.4, 0.5) is 24.8 Å². The van der Waals surface area contributed by atoms with Crippen LogP contribution >= 0.6 is 0 Å². The van der Waals surface area contributed by atoms with Gasteiger partial charge >= 0.3 is 0 Å². The molecule has 4 N–H and O–H groups in total. The fourth-order valence-corrected chi connectivity index (χ4v) is 3.05. The van der Waals surface area contributed by atoms with Crippen LogP contribution in [0.3, 0.4) is 0 Å². The van der Waals surface area contributed by atoms with Crippen molar-refractivity contribution in [1.29, 1.82) is 0 Å². The van der Waals surface area contributed by atoms with Crippen molar-refractivity contribution >= 4 is 11.6 Å². The van der Waals surface area contributed by atoms with Crippen LogP contribution < -0.4 is 16.2 Å². The van der Waals surface area contributed by atoms with Gasteiger partial charge in [-0.3, -0.25) is 0 Å². The first-order valence-corrected chi connectivity index (χ1v) is 9.03. The molecule has 31 heavy (non-hydrogen) atoms. The van der Waals surface area contributed by atoms with E-state index in [-0.39, 0.29) is 28.5 Å². The van der Waals surface area contributed by atoms with Crippen LogP contribution in [-0.2, 0) is 0 Å². The van der Waals surface area contributed by atoms with Crippen LogP contribution in [0.1, 0.15) is 18.6 Å². The van der Waals surface area contributed by atoms with Gasteiger partial charge in [-0.15, -0.1) is 0 Å². The smallest absolute Gasteiger partial charge is 0.251 e. The van der Waals surface area contributed by atoms with E-state index in [1.165, 1.54) is 53.7 Å². The molecule has 1 aromatic carbocycles. The molecule has 8 nitrogen and oxygen atoms in total. The normalized spacial score (nSPS) is 12.0. The summed E-state index contributed by atoms with van der Waals surface area (Å²) in [5.74, 6) is -3.10. The van der Waals surface area contributed by atoms with Gasteiger partial charge in [0.05, 0.1) is 18.1 Å². The number of nitrogens with zero attached hydrogens (tertiary/aromatic N) is 5. The fraction of sp³-hybridized carbons (Fsp3) is 0.100. The maximum absolute atomic E-state index is 14.2. The third-order valence-corrected chi connectivity index (χ3v) is 4.50. The van der Waals surface area contributed by atoms with E-state index in [2.05, 4.69) is 20.2 Å². The molecular weight excluding hydrogens is 411 g/mol. The van der Waals surface area contributed by atoms with Gasteiger partial charge in [0.2, 0.25) is 0 Å². The Morgan fingerprint density at radius 3 is 2.52 bits per heavy atom. The Kier molecular flexibility index (Phi) is 5.15. The van der Waals surface area contributed by atoms with Crippen molar-refractivity contribution in [3.05, 3.63) is 72.1 Å². The highest BCUT2D eigenvalue weighted by molar-refractivity contribution is 5.69. The first-order valence-electron chi connectivity index (χ1n) is 9.03. The first kappa shape index (κ1) is 20.1.